The number of nitrogens with two attached hydrogens (primary N) is 1. The molecule has 0 bridgehead atoms. The molecular weight excluding hydrogens is 259 g/mol. The highest BCUT2D eigenvalue weighted by molar-refractivity contribution is 5.89. The van der Waals surface area contributed by atoms with E-state index in [1.54, 1.807) is 0 Å². The number of pyridine rings is 1. The Morgan fingerprint density at radius 2 is 2.10 bits per heavy atom. The quantitative estimate of drug-likeness (QED) is 0.756. The minimum atomic E-state index is -0.956. The zero-order chi connectivity index (χ0) is 14.3. The van der Waals surface area contributed by atoms with Crippen LogP contribution >= 0.6 is 0 Å². The average Bonchev–Trinajstić information content (AvgIpc) is 2.73. The Labute approximate surface area is 116 Å². The number of nitrogens with zero attached hydrogens (tertiary/aromatic N) is 3. The summed E-state index contributed by atoms with van der Waals surface area (Å²) in [6, 6.07) is 1.60. The molecule has 0 unspecified atom stereocenters. The zero-order valence-corrected chi connectivity index (χ0v) is 11.4. The van der Waals surface area contributed by atoms with Crippen molar-refractivity contribution in [3.63, 3.8) is 0 Å². The van der Waals surface area contributed by atoms with Crippen LogP contribution < -0.4 is 16.4 Å². The molecule has 1 aliphatic rings. The van der Waals surface area contributed by atoms with E-state index in [9.17, 15) is 4.39 Å². The summed E-state index contributed by atoms with van der Waals surface area (Å²) in [6.45, 7) is 4.73. The summed E-state index contributed by atoms with van der Waals surface area (Å²) in [6.07, 6.45) is -0.956. The van der Waals surface area contributed by atoms with Crippen molar-refractivity contribution >= 4 is 22.8 Å². The molecule has 0 saturated carbocycles. The molecule has 0 aromatic carbocycles. The van der Waals surface area contributed by atoms with E-state index < -0.39 is 6.17 Å². The van der Waals surface area contributed by atoms with Gasteiger partial charge in [0, 0.05) is 18.8 Å². The normalized spacial score (nSPS) is 22.4. The van der Waals surface area contributed by atoms with Gasteiger partial charge in [-0.1, -0.05) is 0 Å². The second kappa shape index (κ2) is 4.82. The number of anilines is 2. The van der Waals surface area contributed by atoms with Gasteiger partial charge in [0.2, 0.25) is 5.95 Å². The monoisotopic (exact) mass is 276 g/mol. The van der Waals surface area contributed by atoms with Gasteiger partial charge in [-0.15, -0.1) is 0 Å². The third kappa shape index (κ3) is 2.24. The number of aryl methyl sites for hydroxylation is 2. The Morgan fingerprint density at radius 1 is 1.30 bits per heavy atom. The fourth-order valence-corrected chi connectivity index (χ4v) is 2.53. The molecule has 0 spiro atoms. The van der Waals surface area contributed by atoms with E-state index in [2.05, 4.69) is 25.6 Å². The van der Waals surface area contributed by atoms with Gasteiger partial charge in [0.1, 0.15) is 12.0 Å². The highest BCUT2D eigenvalue weighted by Crippen LogP contribution is 2.23. The van der Waals surface area contributed by atoms with E-state index in [0.717, 1.165) is 16.6 Å². The minimum Gasteiger partial charge on any atom is -0.383 e. The molecule has 3 heterocycles. The first-order valence-corrected chi connectivity index (χ1v) is 6.57. The summed E-state index contributed by atoms with van der Waals surface area (Å²) in [7, 11) is 0. The van der Waals surface area contributed by atoms with Crippen LogP contribution in [0.25, 0.3) is 11.0 Å². The maximum atomic E-state index is 13.6. The van der Waals surface area contributed by atoms with Gasteiger partial charge in [0.15, 0.2) is 5.65 Å². The summed E-state index contributed by atoms with van der Waals surface area (Å²) >= 11 is 0. The molecule has 1 fully saturated rings. The van der Waals surface area contributed by atoms with Gasteiger partial charge in [-0.3, -0.25) is 0 Å². The van der Waals surface area contributed by atoms with Crippen LogP contribution in [0.1, 0.15) is 11.3 Å². The van der Waals surface area contributed by atoms with Crippen molar-refractivity contribution in [1.29, 1.82) is 0 Å². The fourth-order valence-electron chi connectivity index (χ4n) is 2.53. The molecule has 7 heteroatoms. The van der Waals surface area contributed by atoms with Crippen LogP contribution in [0.4, 0.5) is 16.2 Å². The average molecular weight is 276 g/mol. The van der Waals surface area contributed by atoms with Gasteiger partial charge in [0.05, 0.1) is 11.4 Å². The van der Waals surface area contributed by atoms with Crippen molar-refractivity contribution < 1.29 is 4.39 Å². The van der Waals surface area contributed by atoms with Crippen molar-refractivity contribution in [2.45, 2.75) is 26.1 Å². The van der Waals surface area contributed by atoms with Crippen LogP contribution in [0.2, 0.25) is 0 Å². The smallest absolute Gasteiger partial charge is 0.227 e. The molecule has 2 aromatic heterocycles. The first kappa shape index (κ1) is 13.0. The first-order valence-electron chi connectivity index (χ1n) is 6.57. The van der Waals surface area contributed by atoms with Crippen molar-refractivity contribution in [3.05, 3.63) is 17.3 Å². The van der Waals surface area contributed by atoms with Crippen LogP contribution in [0.3, 0.4) is 0 Å². The number of hydrogen-bond acceptors (Lipinski definition) is 6. The molecule has 0 aliphatic carbocycles. The Balaban J connectivity index is 2.01. The lowest BCUT2D eigenvalue weighted by Gasteiger charge is -2.15. The van der Waals surface area contributed by atoms with Gasteiger partial charge in [0.25, 0.3) is 0 Å². The van der Waals surface area contributed by atoms with E-state index in [0.29, 0.717) is 30.5 Å². The van der Waals surface area contributed by atoms with Crippen molar-refractivity contribution in [2.24, 2.45) is 0 Å². The number of fused-ring (bicyclic) bond motifs is 1. The van der Waals surface area contributed by atoms with Crippen LogP contribution in [-0.4, -0.2) is 40.3 Å². The minimum absolute atomic E-state index is 0.323. The molecule has 0 amide bonds. The SMILES string of the molecule is Cc1cc(C)c2c(N)nc(N[C@@H]3CNC[C@H]3F)nc2n1. The second-order valence-corrected chi connectivity index (χ2v) is 5.14. The maximum Gasteiger partial charge on any atom is 0.227 e. The van der Waals surface area contributed by atoms with Crippen LogP contribution in [0.5, 0.6) is 0 Å². The van der Waals surface area contributed by atoms with Gasteiger partial charge in [-0.25, -0.2) is 9.37 Å². The molecule has 3 rings (SSSR count). The van der Waals surface area contributed by atoms with Crippen LogP contribution in [-0.2, 0) is 0 Å². The van der Waals surface area contributed by atoms with E-state index in [1.165, 1.54) is 0 Å². The van der Waals surface area contributed by atoms with Gasteiger partial charge in [-0.05, 0) is 25.5 Å². The number of aromatic nitrogens is 3. The zero-order valence-electron chi connectivity index (χ0n) is 11.4. The van der Waals surface area contributed by atoms with Crippen LogP contribution in [0.15, 0.2) is 6.07 Å². The third-order valence-electron chi connectivity index (χ3n) is 3.47. The molecule has 0 radical (unpaired) electrons. The topological polar surface area (TPSA) is 88.8 Å². The van der Waals surface area contributed by atoms with Crippen molar-refractivity contribution in [3.8, 4) is 0 Å². The summed E-state index contributed by atoms with van der Waals surface area (Å²) in [4.78, 5) is 12.9. The third-order valence-corrected chi connectivity index (χ3v) is 3.47. The standard InChI is InChI=1S/C13H17FN6/c1-6-3-7(2)17-12-10(6)11(15)19-13(20-12)18-9-5-16-4-8(9)14/h3,8-9,16H,4-5H2,1-2H3,(H3,15,17,18,19,20)/t8-,9-/m1/s1. The number of halogens is 1. The molecule has 20 heavy (non-hydrogen) atoms. The van der Waals surface area contributed by atoms with E-state index in [1.807, 2.05) is 19.9 Å². The molecule has 2 atom stereocenters. The molecule has 1 saturated heterocycles. The van der Waals surface area contributed by atoms with E-state index >= 15 is 0 Å². The molecule has 106 valence electrons. The first-order chi connectivity index (χ1) is 9.54. The van der Waals surface area contributed by atoms with Gasteiger partial charge >= 0.3 is 0 Å². The number of nitrogen functional groups attached to an aromatic ring is 1. The number of nitrogens with one attached hydrogen (secondary N) is 2. The predicted molar refractivity (Wildman–Crippen MR) is 76.4 cm³/mol. The Bertz CT molecular complexity index is 659. The van der Waals surface area contributed by atoms with Crippen molar-refractivity contribution in [2.75, 3.05) is 24.1 Å². The fraction of sp³-hybridized carbons (Fsp3) is 0.462. The second-order valence-electron chi connectivity index (χ2n) is 5.14. The lowest BCUT2D eigenvalue weighted by atomic mass is 10.1. The Morgan fingerprint density at radius 3 is 2.80 bits per heavy atom. The van der Waals surface area contributed by atoms with Gasteiger partial charge < -0.3 is 16.4 Å². The Kier molecular flexibility index (Phi) is 3.13. The summed E-state index contributed by atoms with van der Waals surface area (Å²) in [5, 5.41) is 6.71. The Hall–Kier alpha value is -2.02. The van der Waals surface area contributed by atoms with Crippen LogP contribution in [0, 0.1) is 13.8 Å². The van der Waals surface area contributed by atoms with Gasteiger partial charge in [-0.2, -0.15) is 9.97 Å². The van der Waals surface area contributed by atoms with Crippen molar-refractivity contribution in [1.82, 2.24) is 20.3 Å². The maximum absolute atomic E-state index is 13.6. The highest BCUT2D eigenvalue weighted by atomic mass is 19.1. The molecule has 2 aromatic rings. The summed E-state index contributed by atoms with van der Waals surface area (Å²) in [5.41, 5.74) is 8.37. The largest absolute Gasteiger partial charge is 0.383 e. The number of rotatable bonds is 2. The molecule has 6 nitrogen and oxygen atoms in total. The summed E-state index contributed by atoms with van der Waals surface area (Å²) in [5.74, 6) is 0.688. The van der Waals surface area contributed by atoms with E-state index in [4.69, 9.17) is 5.73 Å². The summed E-state index contributed by atoms with van der Waals surface area (Å²) < 4.78 is 13.6. The predicted octanol–water partition coefficient (Wildman–Crippen LogP) is 0.946. The molecule has 1 aliphatic heterocycles. The molecular formula is C13H17FN6. The lowest BCUT2D eigenvalue weighted by Crippen LogP contribution is -2.30. The number of alkyl halides is 1. The lowest BCUT2D eigenvalue weighted by molar-refractivity contribution is 0.342. The number of hydrogen-bond donors (Lipinski definition) is 3. The van der Waals surface area contributed by atoms with E-state index in [-0.39, 0.29) is 6.04 Å². The molecule has 4 N–H and O–H groups in total. The highest BCUT2D eigenvalue weighted by Gasteiger charge is 2.27.